The fourth-order valence-corrected chi connectivity index (χ4v) is 1.19. The topological polar surface area (TPSA) is 26.3 Å². The van der Waals surface area contributed by atoms with Crippen molar-refractivity contribution in [2.45, 2.75) is 13.8 Å². The van der Waals surface area contributed by atoms with Crippen molar-refractivity contribution in [3.8, 4) is 0 Å². The molecular formula is C12H15O2. The van der Waals surface area contributed by atoms with E-state index in [1.54, 1.807) is 0 Å². The number of hydrogen-bond acceptors (Lipinski definition) is 2. The molecule has 75 valence electrons. The van der Waals surface area contributed by atoms with Crippen LogP contribution in [0.1, 0.15) is 19.4 Å². The third-order valence-electron chi connectivity index (χ3n) is 1.90. The Hall–Kier alpha value is -1.31. The first-order valence-electron chi connectivity index (χ1n) is 4.80. The molecule has 0 fully saturated rings. The molecule has 0 amide bonds. The van der Waals surface area contributed by atoms with E-state index < -0.39 is 0 Å². The number of rotatable bonds is 4. The first kappa shape index (κ1) is 10.8. The molecule has 0 bridgehead atoms. The third-order valence-corrected chi connectivity index (χ3v) is 1.90. The van der Waals surface area contributed by atoms with Crippen LogP contribution in [-0.4, -0.2) is 12.6 Å². The highest BCUT2D eigenvalue weighted by Crippen LogP contribution is 2.11. The Morgan fingerprint density at radius 2 is 2.07 bits per heavy atom. The van der Waals surface area contributed by atoms with Crippen molar-refractivity contribution < 1.29 is 9.53 Å². The van der Waals surface area contributed by atoms with Gasteiger partial charge < -0.3 is 4.74 Å². The van der Waals surface area contributed by atoms with E-state index in [9.17, 15) is 4.79 Å². The maximum atomic E-state index is 11.3. The summed E-state index contributed by atoms with van der Waals surface area (Å²) in [7, 11) is 0. The highest BCUT2D eigenvalue weighted by Gasteiger charge is 2.14. The molecule has 1 atom stereocenters. The van der Waals surface area contributed by atoms with Crippen LogP contribution in [0.3, 0.4) is 0 Å². The molecule has 1 aromatic rings. The summed E-state index contributed by atoms with van der Waals surface area (Å²) >= 11 is 0. The first-order chi connectivity index (χ1) is 6.74. The standard InChI is InChI=1S/C12H15O2/c1-3-14-12(13)10(2)9-11-7-5-4-6-8-11/h4-10H,3H2,1-2H3. The molecule has 0 aliphatic carbocycles. The number of benzene rings is 1. The van der Waals surface area contributed by atoms with E-state index in [-0.39, 0.29) is 11.9 Å². The predicted molar refractivity (Wildman–Crippen MR) is 55.6 cm³/mol. The van der Waals surface area contributed by atoms with Crippen molar-refractivity contribution in [2.75, 3.05) is 6.61 Å². The van der Waals surface area contributed by atoms with E-state index in [1.807, 2.05) is 50.6 Å². The largest absolute Gasteiger partial charge is 0.466 e. The molecular weight excluding hydrogens is 176 g/mol. The van der Waals surface area contributed by atoms with Crippen LogP contribution in [0.15, 0.2) is 30.3 Å². The van der Waals surface area contributed by atoms with Crippen LogP contribution in [0.25, 0.3) is 0 Å². The van der Waals surface area contributed by atoms with Gasteiger partial charge in [-0.3, -0.25) is 4.79 Å². The Morgan fingerprint density at radius 1 is 1.43 bits per heavy atom. The van der Waals surface area contributed by atoms with Gasteiger partial charge in [-0.05, 0) is 12.5 Å². The van der Waals surface area contributed by atoms with Crippen molar-refractivity contribution >= 4 is 5.97 Å². The van der Waals surface area contributed by atoms with Gasteiger partial charge in [0.15, 0.2) is 0 Å². The Balaban J connectivity index is 2.49. The highest BCUT2D eigenvalue weighted by atomic mass is 16.5. The molecule has 1 aromatic carbocycles. The quantitative estimate of drug-likeness (QED) is 0.683. The lowest BCUT2D eigenvalue weighted by Crippen LogP contribution is -2.15. The maximum Gasteiger partial charge on any atom is 0.309 e. The molecule has 2 nitrogen and oxygen atoms in total. The third kappa shape index (κ3) is 3.21. The molecule has 0 aliphatic heterocycles. The Kier molecular flexibility index (Phi) is 4.17. The molecule has 0 aliphatic rings. The molecule has 0 N–H and O–H groups in total. The molecule has 14 heavy (non-hydrogen) atoms. The van der Waals surface area contributed by atoms with Crippen molar-refractivity contribution in [3.05, 3.63) is 42.3 Å². The summed E-state index contributed by atoms with van der Waals surface area (Å²) in [6.45, 7) is 4.09. The monoisotopic (exact) mass is 191 g/mol. The lowest BCUT2D eigenvalue weighted by molar-refractivity contribution is -0.146. The zero-order valence-electron chi connectivity index (χ0n) is 8.57. The summed E-state index contributed by atoms with van der Waals surface area (Å²) < 4.78 is 4.91. The van der Waals surface area contributed by atoms with Gasteiger partial charge in [0.2, 0.25) is 0 Å². The zero-order valence-corrected chi connectivity index (χ0v) is 8.57. The summed E-state index contributed by atoms with van der Waals surface area (Å²) in [4.78, 5) is 11.3. The number of carbonyl (C=O) groups excluding carboxylic acids is 1. The van der Waals surface area contributed by atoms with Gasteiger partial charge in [-0.2, -0.15) is 0 Å². The first-order valence-corrected chi connectivity index (χ1v) is 4.80. The SMILES string of the molecule is CCOC(=O)C(C)[CH]c1ccccc1. The van der Waals surface area contributed by atoms with Crippen molar-refractivity contribution in [1.29, 1.82) is 0 Å². The molecule has 0 saturated heterocycles. The number of ether oxygens (including phenoxy) is 1. The molecule has 1 unspecified atom stereocenters. The molecule has 0 aromatic heterocycles. The average molecular weight is 191 g/mol. The van der Waals surface area contributed by atoms with Crippen LogP contribution in [0.4, 0.5) is 0 Å². The van der Waals surface area contributed by atoms with Gasteiger partial charge in [0, 0.05) is 6.42 Å². The second-order valence-electron chi connectivity index (χ2n) is 3.12. The summed E-state index contributed by atoms with van der Waals surface area (Å²) in [5, 5.41) is 0. The highest BCUT2D eigenvalue weighted by molar-refractivity contribution is 5.74. The Labute approximate surface area is 84.9 Å². The van der Waals surface area contributed by atoms with Crippen LogP contribution >= 0.6 is 0 Å². The molecule has 2 heteroatoms. The summed E-state index contributed by atoms with van der Waals surface area (Å²) in [6, 6.07) is 9.78. The van der Waals surface area contributed by atoms with E-state index in [1.165, 1.54) is 0 Å². The van der Waals surface area contributed by atoms with Crippen LogP contribution < -0.4 is 0 Å². The van der Waals surface area contributed by atoms with Crippen LogP contribution in [0.5, 0.6) is 0 Å². The second kappa shape index (κ2) is 5.43. The predicted octanol–water partition coefficient (Wildman–Crippen LogP) is 2.44. The smallest absolute Gasteiger partial charge is 0.309 e. The van der Waals surface area contributed by atoms with Crippen LogP contribution in [-0.2, 0) is 9.53 Å². The number of carbonyl (C=O) groups is 1. The fraction of sp³-hybridized carbons (Fsp3) is 0.333. The van der Waals surface area contributed by atoms with E-state index in [0.29, 0.717) is 6.61 Å². The van der Waals surface area contributed by atoms with E-state index >= 15 is 0 Å². The van der Waals surface area contributed by atoms with E-state index in [0.717, 1.165) is 5.56 Å². The molecule has 0 heterocycles. The molecule has 0 saturated carbocycles. The zero-order chi connectivity index (χ0) is 10.4. The van der Waals surface area contributed by atoms with Gasteiger partial charge in [0.1, 0.15) is 0 Å². The van der Waals surface area contributed by atoms with Gasteiger partial charge in [-0.25, -0.2) is 0 Å². The van der Waals surface area contributed by atoms with E-state index in [4.69, 9.17) is 4.74 Å². The van der Waals surface area contributed by atoms with Crippen LogP contribution in [0.2, 0.25) is 0 Å². The van der Waals surface area contributed by atoms with Crippen molar-refractivity contribution in [3.63, 3.8) is 0 Å². The van der Waals surface area contributed by atoms with Gasteiger partial charge in [0.05, 0.1) is 12.5 Å². The molecule has 1 rings (SSSR count). The minimum absolute atomic E-state index is 0.170. The number of esters is 1. The minimum Gasteiger partial charge on any atom is -0.466 e. The van der Waals surface area contributed by atoms with Gasteiger partial charge in [-0.1, -0.05) is 37.3 Å². The second-order valence-corrected chi connectivity index (χ2v) is 3.12. The van der Waals surface area contributed by atoms with Gasteiger partial charge in [-0.15, -0.1) is 0 Å². The average Bonchev–Trinajstić information content (AvgIpc) is 2.19. The maximum absolute atomic E-state index is 11.3. The van der Waals surface area contributed by atoms with Crippen molar-refractivity contribution in [2.24, 2.45) is 5.92 Å². The summed E-state index contributed by atoms with van der Waals surface area (Å²) in [5.74, 6) is -0.353. The van der Waals surface area contributed by atoms with Crippen molar-refractivity contribution in [1.82, 2.24) is 0 Å². The van der Waals surface area contributed by atoms with Gasteiger partial charge in [0.25, 0.3) is 0 Å². The summed E-state index contributed by atoms with van der Waals surface area (Å²) in [5.41, 5.74) is 1.05. The fourth-order valence-electron chi connectivity index (χ4n) is 1.19. The minimum atomic E-state index is -0.183. The van der Waals surface area contributed by atoms with E-state index in [2.05, 4.69) is 0 Å². The lowest BCUT2D eigenvalue weighted by atomic mass is 10.0. The Bertz CT molecular complexity index is 280. The lowest BCUT2D eigenvalue weighted by Gasteiger charge is -2.09. The molecule has 0 spiro atoms. The normalized spacial score (nSPS) is 12.1. The number of hydrogen-bond donors (Lipinski definition) is 0. The van der Waals surface area contributed by atoms with Gasteiger partial charge >= 0.3 is 5.97 Å². The Morgan fingerprint density at radius 3 is 2.64 bits per heavy atom. The molecule has 1 radical (unpaired) electrons. The van der Waals surface area contributed by atoms with Crippen LogP contribution in [0, 0.1) is 12.3 Å². The summed E-state index contributed by atoms with van der Waals surface area (Å²) in [6.07, 6.45) is 1.90.